The summed E-state index contributed by atoms with van der Waals surface area (Å²) in [6.45, 7) is 7.16. The number of likely N-dealkylation sites (tertiary alicyclic amines) is 1. The van der Waals surface area contributed by atoms with Gasteiger partial charge in [-0.05, 0) is 19.8 Å². The lowest BCUT2D eigenvalue weighted by Crippen LogP contribution is -2.48. The number of piperidine rings is 1. The van der Waals surface area contributed by atoms with E-state index in [4.69, 9.17) is 0 Å². The number of nitrogens with zero attached hydrogens (tertiary/aromatic N) is 2. The largest absolute Gasteiger partial charge is 0.468 e. The molecule has 1 heterocycles. The van der Waals surface area contributed by atoms with Crippen molar-refractivity contribution < 1.29 is 19.1 Å². The zero-order chi connectivity index (χ0) is 16.0. The molecule has 0 aliphatic carbocycles. The summed E-state index contributed by atoms with van der Waals surface area (Å²) in [5.74, 6) is -0.675. The van der Waals surface area contributed by atoms with Crippen LogP contribution in [0.5, 0.6) is 0 Å². The lowest BCUT2D eigenvalue weighted by molar-refractivity contribution is -0.150. The Bertz CT molecular complexity index is 395. The topological polar surface area (TPSA) is 66.9 Å². The summed E-state index contributed by atoms with van der Waals surface area (Å²) >= 11 is 0. The third kappa shape index (κ3) is 4.72. The Labute approximate surface area is 126 Å². The smallest absolute Gasteiger partial charge is 0.325 e. The zero-order valence-corrected chi connectivity index (χ0v) is 13.4. The zero-order valence-electron chi connectivity index (χ0n) is 13.4. The van der Waals surface area contributed by atoms with E-state index in [9.17, 15) is 14.4 Å². The number of esters is 1. The van der Waals surface area contributed by atoms with Gasteiger partial charge in [0.05, 0.1) is 13.0 Å². The highest BCUT2D eigenvalue weighted by atomic mass is 16.5. The van der Waals surface area contributed by atoms with Gasteiger partial charge >= 0.3 is 5.97 Å². The predicted octanol–water partition coefficient (Wildman–Crippen LogP) is 0.902. The van der Waals surface area contributed by atoms with Crippen LogP contribution in [0.3, 0.4) is 0 Å². The summed E-state index contributed by atoms with van der Waals surface area (Å²) in [4.78, 5) is 39.2. The lowest BCUT2D eigenvalue weighted by Gasteiger charge is -2.35. The summed E-state index contributed by atoms with van der Waals surface area (Å²) in [5.41, 5.74) is 0. The Hall–Kier alpha value is -1.59. The second-order valence-corrected chi connectivity index (χ2v) is 5.71. The molecule has 120 valence electrons. The van der Waals surface area contributed by atoms with Gasteiger partial charge in [0.25, 0.3) is 0 Å². The molecule has 0 bridgehead atoms. The summed E-state index contributed by atoms with van der Waals surface area (Å²) in [6.07, 6.45) is 1.59. The lowest BCUT2D eigenvalue weighted by atomic mass is 9.95. The van der Waals surface area contributed by atoms with Crippen LogP contribution in [0.4, 0.5) is 0 Å². The van der Waals surface area contributed by atoms with Crippen molar-refractivity contribution >= 4 is 17.8 Å². The standard InChI is InChI=1S/C15H26N2O4/c1-5-16(10-13(18)21-4)15(20)12-7-6-8-17(9-12)14(19)11(2)3/h11-12H,5-10H2,1-4H3. The molecule has 1 aliphatic rings. The Morgan fingerprint density at radius 3 is 2.52 bits per heavy atom. The van der Waals surface area contributed by atoms with Crippen molar-refractivity contribution in [3.63, 3.8) is 0 Å². The SMILES string of the molecule is CCN(CC(=O)OC)C(=O)C1CCCN(C(=O)C(C)C)C1. The van der Waals surface area contributed by atoms with Crippen molar-refractivity contribution in [3.05, 3.63) is 0 Å². The number of hydrogen-bond donors (Lipinski definition) is 0. The molecule has 6 heteroatoms. The van der Waals surface area contributed by atoms with E-state index >= 15 is 0 Å². The first-order chi connectivity index (χ1) is 9.90. The summed E-state index contributed by atoms with van der Waals surface area (Å²) in [7, 11) is 1.31. The number of rotatable bonds is 5. The van der Waals surface area contributed by atoms with Gasteiger partial charge in [0, 0.05) is 25.6 Å². The highest BCUT2D eigenvalue weighted by Gasteiger charge is 2.32. The summed E-state index contributed by atoms with van der Waals surface area (Å²) in [6, 6.07) is 0. The number of carbonyl (C=O) groups is 3. The van der Waals surface area contributed by atoms with Crippen LogP contribution in [0.15, 0.2) is 0 Å². The Morgan fingerprint density at radius 1 is 1.33 bits per heavy atom. The molecular formula is C15H26N2O4. The van der Waals surface area contributed by atoms with Gasteiger partial charge < -0.3 is 14.5 Å². The van der Waals surface area contributed by atoms with E-state index in [0.29, 0.717) is 19.6 Å². The van der Waals surface area contributed by atoms with Crippen LogP contribution in [0.2, 0.25) is 0 Å². The molecule has 0 aromatic carbocycles. The second kappa shape index (κ2) is 8.00. The fraction of sp³-hybridized carbons (Fsp3) is 0.800. The molecule has 1 atom stereocenters. The van der Waals surface area contributed by atoms with E-state index in [1.165, 1.54) is 12.0 Å². The Morgan fingerprint density at radius 2 is 2.00 bits per heavy atom. The van der Waals surface area contributed by atoms with Crippen LogP contribution >= 0.6 is 0 Å². The molecule has 2 amide bonds. The molecule has 1 fully saturated rings. The van der Waals surface area contributed by atoms with Gasteiger partial charge in [-0.25, -0.2) is 0 Å². The quantitative estimate of drug-likeness (QED) is 0.707. The molecule has 0 spiro atoms. The molecule has 0 radical (unpaired) electrons. The first kappa shape index (κ1) is 17.5. The maximum atomic E-state index is 12.5. The maximum absolute atomic E-state index is 12.5. The molecule has 6 nitrogen and oxygen atoms in total. The predicted molar refractivity (Wildman–Crippen MR) is 78.4 cm³/mol. The highest BCUT2D eigenvalue weighted by molar-refractivity contribution is 5.85. The van der Waals surface area contributed by atoms with Crippen molar-refractivity contribution in [2.75, 3.05) is 33.3 Å². The molecule has 1 unspecified atom stereocenters. The van der Waals surface area contributed by atoms with E-state index < -0.39 is 5.97 Å². The van der Waals surface area contributed by atoms with Crippen LogP contribution in [0.1, 0.15) is 33.6 Å². The van der Waals surface area contributed by atoms with Crippen molar-refractivity contribution in [1.29, 1.82) is 0 Å². The monoisotopic (exact) mass is 298 g/mol. The van der Waals surface area contributed by atoms with Gasteiger partial charge in [0.15, 0.2) is 0 Å². The number of amides is 2. The molecule has 1 aliphatic heterocycles. The average molecular weight is 298 g/mol. The van der Waals surface area contributed by atoms with Gasteiger partial charge in [0.1, 0.15) is 6.54 Å². The number of likely N-dealkylation sites (N-methyl/N-ethyl adjacent to an activating group) is 1. The molecule has 1 rings (SSSR count). The van der Waals surface area contributed by atoms with Gasteiger partial charge in [-0.1, -0.05) is 13.8 Å². The number of hydrogen-bond acceptors (Lipinski definition) is 4. The molecule has 0 aromatic heterocycles. The molecule has 1 saturated heterocycles. The van der Waals surface area contributed by atoms with Crippen molar-refractivity contribution in [3.8, 4) is 0 Å². The van der Waals surface area contributed by atoms with Crippen molar-refractivity contribution in [1.82, 2.24) is 9.80 Å². The van der Waals surface area contributed by atoms with Crippen LogP contribution < -0.4 is 0 Å². The normalized spacial score (nSPS) is 18.5. The van der Waals surface area contributed by atoms with Gasteiger partial charge in [0.2, 0.25) is 11.8 Å². The minimum Gasteiger partial charge on any atom is -0.468 e. The maximum Gasteiger partial charge on any atom is 0.325 e. The molecule has 21 heavy (non-hydrogen) atoms. The van der Waals surface area contributed by atoms with E-state index in [0.717, 1.165) is 12.8 Å². The van der Waals surface area contributed by atoms with Crippen molar-refractivity contribution in [2.45, 2.75) is 33.6 Å². The van der Waals surface area contributed by atoms with Crippen molar-refractivity contribution in [2.24, 2.45) is 11.8 Å². The second-order valence-electron chi connectivity index (χ2n) is 5.71. The number of ether oxygens (including phenoxy) is 1. The van der Waals surface area contributed by atoms with Gasteiger partial charge in [-0.15, -0.1) is 0 Å². The average Bonchev–Trinajstić information content (AvgIpc) is 2.50. The third-order valence-electron chi connectivity index (χ3n) is 3.82. The summed E-state index contributed by atoms with van der Waals surface area (Å²) in [5, 5.41) is 0. The van der Waals surface area contributed by atoms with E-state index in [-0.39, 0.29) is 30.2 Å². The fourth-order valence-corrected chi connectivity index (χ4v) is 2.57. The minimum atomic E-state index is -0.420. The first-order valence-electron chi connectivity index (χ1n) is 7.55. The Kier molecular flexibility index (Phi) is 6.65. The van der Waals surface area contributed by atoms with E-state index in [1.54, 1.807) is 4.90 Å². The highest BCUT2D eigenvalue weighted by Crippen LogP contribution is 2.20. The Balaban J connectivity index is 2.67. The van der Waals surface area contributed by atoms with Gasteiger partial charge in [-0.2, -0.15) is 0 Å². The third-order valence-corrected chi connectivity index (χ3v) is 3.82. The van der Waals surface area contributed by atoms with Gasteiger partial charge in [-0.3, -0.25) is 14.4 Å². The van der Waals surface area contributed by atoms with Crippen LogP contribution in [0, 0.1) is 11.8 Å². The minimum absolute atomic E-state index is 0.0273. The first-order valence-corrected chi connectivity index (χ1v) is 7.55. The number of carbonyl (C=O) groups excluding carboxylic acids is 3. The van der Waals surface area contributed by atoms with E-state index in [2.05, 4.69) is 4.74 Å². The molecule has 0 N–H and O–H groups in total. The van der Waals surface area contributed by atoms with Crippen LogP contribution in [0.25, 0.3) is 0 Å². The van der Waals surface area contributed by atoms with Crippen LogP contribution in [-0.2, 0) is 19.1 Å². The molecular weight excluding hydrogens is 272 g/mol. The van der Waals surface area contributed by atoms with Crippen LogP contribution in [-0.4, -0.2) is 60.9 Å². The fourth-order valence-electron chi connectivity index (χ4n) is 2.57. The van der Waals surface area contributed by atoms with E-state index in [1.807, 2.05) is 20.8 Å². The summed E-state index contributed by atoms with van der Waals surface area (Å²) < 4.78 is 4.61. The number of methoxy groups -OCH3 is 1. The molecule has 0 saturated carbocycles. The molecule has 0 aromatic rings.